The number of thiol groups is 1. The quantitative estimate of drug-likeness (QED) is 0.498. The van der Waals surface area contributed by atoms with Crippen LogP contribution in [0.1, 0.15) is 35.3 Å². The van der Waals surface area contributed by atoms with Crippen molar-refractivity contribution in [3.05, 3.63) is 84.4 Å². The lowest BCUT2D eigenvalue weighted by molar-refractivity contribution is 0.102. The molecule has 0 unspecified atom stereocenters. The Morgan fingerprint density at radius 2 is 1.65 bits per heavy atom. The number of benzene rings is 3. The lowest BCUT2D eigenvalue weighted by atomic mass is 9.93. The topological polar surface area (TPSA) is 29.1 Å². The van der Waals surface area contributed by atoms with Gasteiger partial charge in [-0.25, -0.2) is 0 Å². The zero-order valence-electron chi connectivity index (χ0n) is 15.1. The third-order valence-electron chi connectivity index (χ3n) is 3.90. The number of amides is 1. The normalized spacial score (nSPS) is 9.81. The summed E-state index contributed by atoms with van der Waals surface area (Å²) in [5, 5.41) is 4.83. The molecule has 0 heterocycles. The third-order valence-corrected chi connectivity index (χ3v) is 4.20. The largest absolute Gasteiger partial charge is 0.322 e. The van der Waals surface area contributed by atoms with Crippen LogP contribution in [0, 0.1) is 0 Å². The fourth-order valence-electron chi connectivity index (χ4n) is 2.76. The second-order valence-corrected chi connectivity index (χ2v) is 5.90. The Morgan fingerprint density at radius 3 is 2.27 bits per heavy atom. The van der Waals surface area contributed by atoms with E-state index in [-0.39, 0.29) is 5.91 Å². The summed E-state index contributed by atoms with van der Waals surface area (Å²) in [7, 11) is 0. The molecule has 26 heavy (non-hydrogen) atoms. The molecule has 0 aliphatic rings. The minimum absolute atomic E-state index is 0.170. The second-order valence-electron chi connectivity index (χ2n) is 5.38. The molecule has 0 saturated carbocycles. The van der Waals surface area contributed by atoms with Crippen molar-refractivity contribution in [1.29, 1.82) is 0 Å². The number of rotatable bonds is 4. The maximum Gasteiger partial charge on any atom is 0.256 e. The van der Waals surface area contributed by atoms with E-state index in [0.717, 1.165) is 32.5 Å². The van der Waals surface area contributed by atoms with Gasteiger partial charge in [-0.05, 0) is 52.2 Å². The Labute approximate surface area is 160 Å². The molecule has 0 aliphatic heterocycles. The number of fused-ring (bicyclic) bond motifs is 1. The molecule has 3 heteroatoms. The molecule has 1 amide bonds. The SMILES string of the molecule is C=Cc1cc2ccccc2c(C(=O)Nc2ccc(S)cc2)c1C=C.CC. The average molecular weight is 362 g/mol. The highest BCUT2D eigenvalue weighted by Crippen LogP contribution is 2.29. The highest BCUT2D eigenvalue weighted by atomic mass is 32.1. The minimum Gasteiger partial charge on any atom is -0.322 e. The molecule has 0 atom stereocenters. The van der Waals surface area contributed by atoms with E-state index < -0.39 is 0 Å². The molecular formula is C23H23NOS. The van der Waals surface area contributed by atoms with Gasteiger partial charge in [-0.3, -0.25) is 4.79 Å². The average Bonchev–Trinajstić information content (AvgIpc) is 2.69. The van der Waals surface area contributed by atoms with Gasteiger partial charge >= 0.3 is 0 Å². The molecule has 0 fully saturated rings. The predicted octanol–water partition coefficient (Wildman–Crippen LogP) is 6.69. The van der Waals surface area contributed by atoms with Crippen LogP contribution in [-0.4, -0.2) is 5.91 Å². The molecule has 0 aromatic heterocycles. The lowest BCUT2D eigenvalue weighted by Gasteiger charge is -2.14. The summed E-state index contributed by atoms with van der Waals surface area (Å²) in [5.41, 5.74) is 3.00. The van der Waals surface area contributed by atoms with Crippen molar-refractivity contribution in [3.8, 4) is 0 Å². The van der Waals surface area contributed by atoms with E-state index >= 15 is 0 Å². The first-order valence-electron chi connectivity index (χ1n) is 8.55. The second kappa shape index (κ2) is 9.07. The number of carbonyl (C=O) groups excluding carboxylic acids is 1. The Morgan fingerprint density at radius 1 is 1.00 bits per heavy atom. The molecule has 3 rings (SSSR count). The Hall–Kier alpha value is -2.78. The highest BCUT2D eigenvalue weighted by Gasteiger charge is 2.16. The molecule has 1 N–H and O–H groups in total. The maximum atomic E-state index is 12.9. The summed E-state index contributed by atoms with van der Waals surface area (Å²) in [6.07, 6.45) is 3.45. The molecule has 0 bridgehead atoms. The fourth-order valence-corrected chi connectivity index (χ4v) is 2.91. The van der Waals surface area contributed by atoms with E-state index in [1.807, 2.05) is 68.4 Å². The van der Waals surface area contributed by atoms with Gasteiger partial charge in [0.25, 0.3) is 5.91 Å². The van der Waals surface area contributed by atoms with E-state index in [1.54, 1.807) is 12.2 Å². The summed E-state index contributed by atoms with van der Waals surface area (Å²) >= 11 is 4.26. The fraction of sp³-hybridized carbons (Fsp3) is 0.0870. The van der Waals surface area contributed by atoms with E-state index in [4.69, 9.17) is 0 Å². The summed E-state index contributed by atoms with van der Waals surface area (Å²) in [6, 6.07) is 17.2. The van der Waals surface area contributed by atoms with Gasteiger partial charge in [0.05, 0.1) is 5.56 Å². The molecule has 3 aromatic carbocycles. The van der Waals surface area contributed by atoms with Gasteiger partial charge in [0.1, 0.15) is 0 Å². The Bertz CT molecular complexity index is 942. The molecule has 2 nitrogen and oxygen atoms in total. The summed E-state index contributed by atoms with van der Waals surface area (Å²) in [4.78, 5) is 13.8. The number of carbonyl (C=O) groups is 1. The van der Waals surface area contributed by atoms with Gasteiger partial charge in [0, 0.05) is 10.6 Å². The molecule has 0 radical (unpaired) electrons. The first kappa shape index (κ1) is 19.5. The van der Waals surface area contributed by atoms with Crippen LogP contribution >= 0.6 is 12.6 Å². The van der Waals surface area contributed by atoms with Crippen molar-refractivity contribution < 1.29 is 4.79 Å². The third kappa shape index (κ3) is 4.06. The van der Waals surface area contributed by atoms with Gasteiger partial charge in [0.15, 0.2) is 0 Å². The van der Waals surface area contributed by atoms with Crippen LogP contribution in [0.25, 0.3) is 22.9 Å². The number of nitrogens with one attached hydrogen (secondary N) is 1. The van der Waals surface area contributed by atoms with Crippen molar-refractivity contribution in [1.82, 2.24) is 0 Å². The number of hydrogen-bond acceptors (Lipinski definition) is 2. The summed E-state index contributed by atoms with van der Waals surface area (Å²) in [5.74, 6) is -0.170. The van der Waals surface area contributed by atoms with Crippen molar-refractivity contribution in [2.45, 2.75) is 18.7 Å². The summed E-state index contributed by atoms with van der Waals surface area (Å²) in [6.45, 7) is 11.7. The van der Waals surface area contributed by atoms with Gasteiger partial charge in [-0.2, -0.15) is 0 Å². The smallest absolute Gasteiger partial charge is 0.256 e. The van der Waals surface area contributed by atoms with Crippen LogP contribution in [0.4, 0.5) is 5.69 Å². The monoisotopic (exact) mass is 361 g/mol. The number of anilines is 1. The van der Waals surface area contributed by atoms with Crippen LogP contribution in [0.5, 0.6) is 0 Å². The number of hydrogen-bond donors (Lipinski definition) is 2. The first-order chi connectivity index (χ1) is 12.6. The predicted molar refractivity (Wildman–Crippen MR) is 117 cm³/mol. The van der Waals surface area contributed by atoms with Crippen LogP contribution in [-0.2, 0) is 0 Å². The highest BCUT2D eigenvalue weighted by molar-refractivity contribution is 7.80. The van der Waals surface area contributed by atoms with Crippen molar-refractivity contribution in [2.24, 2.45) is 0 Å². The molecule has 0 spiro atoms. The molecule has 0 saturated heterocycles. The van der Waals surface area contributed by atoms with E-state index in [0.29, 0.717) is 5.56 Å². The Balaban J connectivity index is 0.00000117. The maximum absolute atomic E-state index is 12.9. The minimum atomic E-state index is -0.170. The molecule has 3 aromatic rings. The lowest BCUT2D eigenvalue weighted by Crippen LogP contribution is -2.14. The first-order valence-corrected chi connectivity index (χ1v) is 8.99. The van der Waals surface area contributed by atoms with Crippen LogP contribution < -0.4 is 5.32 Å². The van der Waals surface area contributed by atoms with Gasteiger partial charge in [-0.15, -0.1) is 12.6 Å². The van der Waals surface area contributed by atoms with Crippen molar-refractivity contribution in [3.63, 3.8) is 0 Å². The van der Waals surface area contributed by atoms with E-state index in [1.165, 1.54) is 0 Å². The van der Waals surface area contributed by atoms with Gasteiger partial charge < -0.3 is 5.32 Å². The van der Waals surface area contributed by atoms with Crippen molar-refractivity contribution in [2.75, 3.05) is 5.32 Å². The van der Waals surface area contributed by atoms with E-state index in [2.05, 4.69) is 31.1 Å². The van der Waals surface area contributed by atoms with Crippen LogP contribution in [0.15, 0.2) is 72.7 Å². The van der Waals surface area contributed by atoms with Crippen LogP contribution in [0.2, 0.25) is 0 Å². The van der Waals surface area contributed by atoms with Crippen molar-refractivity contribution >= 4 is 47.1 Å². The summed E-state index contributed by atoms with van der Waals surface area (Å²) < 4.78 is 0. The zero-order chi connectivity index (χ0) is 19.1. The molecular weight excluding hydrogens is 338 g/mol. The van der Waals surface area contributed by atoms with E-state index in [9.17, 15) is 4.79 Å². The Kier molecular flexibility index (Phi) is 6.81. The van der Waals surface area contributed by atoms with Gasteiger partial charge in [0.2, 0.25) is 0 Å². The van der Waals surface area contributed by atoms with Crippen LogP contribution in [0.3, 0.4) is 0 Å². The molecule has 0 aliphatic carbocycles. The standard InChI is InChI=1S/C21H17NOS.C2H6/c1-3-14-13-15-7-5-6-8-19(15)20(18(14)4-2)21(23)22-16-9-11-17(24)12-10-16;1-2/h3-13,24H,1-2H2,(H,22,23);1-2H3. The zero-order valence-corrected chi connectivity index (χ0v) is 16.0. The van der Waals surface area contributed by atoms with Gasteiger partial charge in [-0.1, -0.05) is 63.4 Å². The molecule has 132 valence electrons.